The van der Waals surface area contributed by atoms with E-state index in [0.717, 1.165) is 26.4 Å². The quantitative estimate of drug-likeness (QED) is 0.197. The summed E-state index contributed by atoms with van der Waals surface area (Å²) in [6.07, 6.45) is 1.20. The van der Waals surface area contributed by atoms with Crippen LogP contribution in [0.25, 0.3) is 20.9 Å². The summed E-state index contributed by atoms with van der Waals surface area (Å²) in [5.41, 5.74) is 1.03. The Balaban J connectivity index is 1.47. The van der Waals surface area contributed by atoms with Crippen LogP contribution in [0.3, 0.4) is 0 Å². The molecular formula is C29H25ClNO3PS. The lowest BCUT2D eigenvalue weighted by atomic mass is 10.1. The van der Waals surface area contributed by atoms with Crippen molar-refractivity contribution in [2.75, 3.05) is 11.5 Å². The molecule has 2 N–H and O–H groups in total. The molecule has 1 aromatic heterocycles. The van der Waals surface area contributed by atoms with Crippen molar-refractivity contribution in [1.82, 2.24) is 0 Å². The Morgan fingerprint density at radius 2 is 1.69 bits per heavy atom. The summed E-state index contributed by atoms with van der Waals surface area (Å²) in [7, 11) is -3.94. The number of nitrogens with one attached hydrogen (secondary N) is 1. The lowest BCUT2D eigenvalue weighted by Gasteiger charge is -2.23. The summed E-state index contributed by atoms with van der Waals surface area (Å²) < 4.78 is 14.8. The van der Waals surface area contributed by atoms with Gasteiger partial charge in [-0.15, -0.1) is 11.3 Å². The number of amides is 1. The summed E-state index contributed by atoms with van der Waals surface area (Å²) in [5.74, 6) is -0.490. The van der Waals surface area contributed by atoms with Gasteiger partial charge in [0.2, 0.25) is 13.3 Å². The van der Waals surface area contributed by atoms with Crippen LogP contribution in [-0.4, -0.2) is 17.0 Å². The predicted molar refractivity (Wildman–Crippen MR) is 152 cm³/mol. The lowest BCUT2D eigenvalue weighted by Crippen LogP contribution is -2.22. The minimum Gasteiger partial charge on any atom is -0.343 e. The van der Waals surface area contributed by atoms with Crippen molar-refractivity contribution < 1.29 is 14.3 Å². The molecule has 2 unspecified atom stereocenters. The van der Waals surface area contributed by atoms with Gasteiger partial charge in [0.15, 0.2) is 0 Å². The Labute approximate surface area is 219 Å². The second kappa shape index (κ2) is 10.6. The van der Waals surface area contributed by atoms with Gasteiger partial charge in [-0.05, 0) is 75.8 Å². The molecule has 5 aromatic rings. The normalized spacial score (nSPS) is 13.9. The highest BCUT2D eigenvalue weighted by molar-refractivity contribution is 7.59. The first-order chi connectivity index (χ1) is 17.4. The van der Waals surface area contributed by atoms with Gasteiger partial charge in [0.05, 0.1) is 0 Å². The van der Waals surface area contributed by atoms with Gasteiger partial charge < -0.3 is 10.2 Å². The van der Waals surface area contributed by atoms with Gasteiger partial charge >= 0.3 is 0 Å². The second-order valence-electron chi connectivity index (χ2n) is 8.85. The lowest BCUT2D eigenvalue weighted by molar-refractivity contribution is -0.116. The summed E-state index contributed by atoms with van der Waals surface area (Å²) in [6, 6.07) is 28.8. The highest BCUT2D eigenvalue weighted by Crippen LogP contribution is 2.58. The van der Waals surface area contributed by atoms with Crippen LogP contribution in [0.1, 0.15) is 23.2 Å². The van der Waals surface area contributed by atoms with Crippen LogP contribution < -0.4 is 5.32 Å². The summed E-state index contributed by atoms with van der Waals surface area (Å²) in [4.78, 5) is 25.0. The zero-order valence-corrected chi connectivity index (χ0v) is 21.9. The first-order valence-electron chi connectivity index (χ1n) is 11.7. The summed E-state index contributed by atoms with van der Waals surface area (Å²) >= 11 is 7.70. The number of benzene rings is 4. The molecule has 1 amide bonds. The number of halogens is 1. The molecule has 4 aromatic carbocycles. The number of fused-ring (bicyclic) bond motifs is 2. The third-order valence-corrected chi connectivity index (χ3v) is 9.81. The highest BCUT2D eigenvalue weighted by atomic mass is 35.5. The number of carbonyl (C=O) groups is 1. The van der Waals surface area contributed by atoms with E-state index in [1.54, 1.807) is 12.1 Å². The third-order valence-electron chi connectivity index (χ3n) is 6.32. The number of carbonyl (C=O) groups excluding carboxylic acids is 1. The molecule has 7 heteroatoms. The number of hydrogen-bond acceptors (Lipinski definition) is 3. The van der Waals surface area contributed by atoms with E-state index in [4.69, 9.17) is 11.6 Å². The van der Waals surface area contributed by atoms with Gasteiger partial charge in [-0.3, -0.25) is 9.36 Å². The Hall–Kier alpha value is -2.95. The molecule has 0 spiro atoms. The second-order valence-corrected chi connectivity index (χ2v) is 12.7. The first kappa shape index (κ1) is 24.7. The van der Waals surface area contributed by atoms with Gasteiger partial charge in [-0.25, -0.2) is 0 Å². The molecule has 5 rings (SSSR count). The molecule has 0 fully saturated rings. The zero-order valence-electron chi connectivity index (χ0n) is 19.4. The molecule has 0 radical (unpaired) electrons. The van der Waals surface area contributed by atoms with Crippen LogP contribution in [0.2, 0.25) is 5.02 Å². The Morgan fingerprint density at radius 1 is 0.944 bits per heavy atom. The number of hydrogen-bond donors (Lipinski definition) is 2. The van der Waals surface area contributed by atoms with E-state index in [1.165, 1.54) is 11.3 Å². The van der Waals surface area contributed by atoms with Crippen LogP contribution in [0.4, 0.5) is 5.69 Å². The Kier molecular flexibility index (Phi) is 7.27. The van der Waals surface area contributed by atoms with E-state index >= 15 is 0 Å². The van der Waals surface area contributed by atoms with Gasteiger partial charge in [-0.2, -0.15) is 0 Å². The molecule has 0 bridgehead atoms. The fourth-order valence-corrected chi connectivity index (χ4v) is 7.72. The molecular weight excluding hydrogens is 509 g/mol. The molecule has 182 valence electrons. The topological polar surface area (TPSA) is 66.4 Å². The van der Waals surface area contributed by atoms with Crippen molar-refractivity contribution in [3.05, 3.63) is 113 Å². The molecule has 0 aliphatic rings. The minimum absolute atomic E-state index is 0.0373. The Morgan fingerprint density at radius 3 is 2.50 bits per heavy atom. The Bertz CT molecular complexity index is 1580. The monoisotopic (exact) mass is 533 g/mol. The maximum atomic E-state index is 13.8. The zero-order chi connectivity index (χ0) is 25.1. The van der Waals surface area contributed by atoms with Crippen molar-refractivity contribution in [2.45, 2.75) is 18.5 Å². The van der Waals surface area contributed by atoms with Crippen LogP contribution in [0.15, 0.2) is 96.4 Å². The predicted octanol–water partition coefficient (Wildman–Crippen LogP) is 8.29. The van der Waals surface area contributed by atoms with Crippen molar-refractivity contribution in [2.24, 2.45) is 0 Å². The van der Waals surface area contributed by atoms with E-state index in [9.17, 15) is 14.3 Å². The maximum Gasteiger partial charge on any atom is 0.241 e. The van der Waals surface area contributed by atoms with Gasteiger partial charge in [0.25, 0.3) is 0 Å². The van der Waals surface area contributed by atoms with Crippen LogP contribution in [-0.2, 0) is 15.8 Å². The van der Waals surface area contributed by atoms with E-state index in [0.29, 0.717) is 29.1 Å². The maximum absolute atomic E-state index is 13.8. The summed E-state index contributed by atoms with van der Waals surface area (Å²) in [6.45, 7) is 0. The average Bonchev–Trinajstić information content (AvgIpc) is 3.26. The summed E-state index contributed by atoms with van der Waals surface area (Å²) in [5, 5.41) is 8.02. The van der Waals surface area contributed by atoms with Crippen LogP contribution in [0.5, 0.6) is 0 Å². The number of anilines is 1. The van der Waals surface area contributed by atoms with Gasteiger partial charge in [0.1, 0.15) is 5.66 Å². The van der Waals surface area contributed by atoms with Crippen molar-refractivity contribution >= 4 is 62.8 Å². The van der Waals surface area contributed by atoms with E-state index in [1.807, 2.05) is 84.2 Å². The molecule has 36 heavy (non-hydrogen) atoms. The number of thiophene rings is 1. The SMILES string of the molecule is O=C(Nc1ccc2ccccc2c1)C(c1csc2ccc(Cl)cc12)P(=O)(O)CCCc1ccccc1. The van der Waals surface area contributed by atoms with Crippen LogP contribution >= 0.6 is 30.3 Å². The third kappa shape index (κ3) is 5.40. The van der Waals surface area contributed by atoms with Gasteiger partial charge in [-0.1, -0.05) is 72.3 Å². The van der Waals surface area contributed by atoms with E-state index in [2.05, 4.69) is 5.32 Å². The van der Waals surface area contributed by atoms with Crippen molar-refractivity contribution in [3.8, 4) is 0 Å². The molecule has 0 saturated heterocycles. The molecule has 0 aliphatic heterocycles. The smallest absolute Gasteiger partial charge is 0.241 e. The number of aryl methyl sites for hydroxylation is 1. The minimum atomic E-state index is -3.94. The van der Waals surface area contributed by atoms with Crippen molar-refractivity contribution in [1.29, 1.82) is 0 Å². The standard InChI is InChI=1S/C29H25ClNO3PS/c30-23-13-15-27-25(18-23)26(19-36-27)28(35(33,34)16-6-9-20-7-2-1-3-8-20)29(32)31-24-14-12-21-10-4-5-11-22(21)17-24/h1-5,7-8,10-15,17-19,28H,6,9,16H2,(H,31,32)(H,33,34). The molecule has 0 aliphatic carbocycles. The van der Waals surface area contributed by atoms with Crippen LogP contribution in [0, 0.1) is 0 Å². The first-order valence-corrected chi connectivity index (χ1v) is 14.9. The number of rotatable bonds is 8. The van der Waals surface area contributed by atoms with Crippen molar-refractivity contribution in [3.63, 3.8) is 0 Å². The van der Waals surface area contributed by atoms with E-state index < -0.39 is 18.9 Å². The fraction of sp³-hybridized carbons (Fsp3) is 0.138. The molecule has 2 atom stereocenters. The molecule has 4 nitrogen and oxygen atoms in total. The van der Waals surface area contributed by atoms with E-state index in [-0.39, 0.29) is 6.16 Å². The molecule has 0 saturated carbocycles. The fourth-order valence-electron chi connectivity index (χ4n) is 4.54. The average molecular weight is 534 g/mol. The largest absolute Gasteiger partial charge is 0.343 e. The highest BCUT2D eigenvalue weighted by Gasteiger charge is 2.39. The molecule has 1 heterocycles. The van der Waals surface area contributed by atoms with Gasteiger partial charge in [0, 0.05) is 21.6 Å².